The SMILES string of the molecule is CCS(=O)(=O)Nc1cccc(-c2cc(=O)n(-c3cccnc3)nc2C)c1. The van der Waals surface area contributed by atoms with Gasteiger partial charge in [0.15, 0.2) is 0 Å². The zero-order chi connectivity index (χ0) is 18.7. The van der Waals surface area contributed by atoms with Crippen LogP contribution < -0.4 is 10.3 Å². The molecule has 2 aromatic heterocycles. The Morgan fingerprint density at radius 2 is 1.96 bits per heavy atom. The smallest absolute Gasteiger partial charge is 0.272 e. The number of nitrogens with zero attached hydrogens (tertiary/aromatic N) is 3. The number of benzene rings is 1. The second kappa shape index (κ2) is 7.09. The van der Waals surface area contributed by atoms with Crippen molar-refractivity contribution in [2.24, 2.45) is 0 Å². The molecule has 3 aromatic rings. The second-order valence-corrected chi connectivity index (χ2v) is 7.70. The van der Waals surface area contributed by atoms with Crippen LogP contribution in [0.5, 0.6) is 0 Å². The zero-order valence-corrected chi connectivity index (χ0v) is 15.2. The van der Waals surface area contributed by atoms with E-state index in [1.165, 1.54) is 10.7 Å². The first-order valence-electron chi connectivity index (χ1n) is 8.02. The molecule has 0 saturated carbocycles. The molecule has 0 unspecified atom stereocenters. The molecule has 0 aliphatic heterocycles. The van der Waals surface area contributed by atoms with Crippen molar-refractivity contribution < 1.29 is 8.42 Å². The molecule has 0 atom stereocenters. The van der Waals surface area contributed by atoms with Crippen molar-refractivity contribution in [2.75, 3.05) is 10.5 Å². The third-order valence-corrected chi connectivity index (χ3v) is 5.14. The molecule has 3 rings (SSSR count). The van der Waals surface area contributed by atoms with Crippen LogP contribution in [0, 0.1) is 6.92 Å². The molecule has 1 aromatic carbocycles. The Morgan fingerprint density at radius 1 is 1.15 bits per heavy atom. The summed E-state index contributed by atoms with van der Waals surface area (Å²) in [6.45, 7) is 3.36. The standard InChI is InChI=1S/C18H18N4O3S/c1-3-26(24,25)21-15-7-4-6-14(10-15)17-11-18(23)22(20-13(17)2)16-8-5-9-19-12-16/h4-12,21H,3H2,1-2H3. The maximum absolute atomic E-state index is 12.5. The number of aryl methyl sites for hydroxylation is 1. The lowest BCUT2D eigenvalue weighted by atomic mass is 10.0. The lowest BCUT2D eigenvalue weighted by Crippen LogP contribution is -2.21. The van der Waals surface area contributed by atoms with E-state index in [9.17, 15) is 13.2 Å². The van der Waals surface area contributed by atoms with Gasteiger partial charge >= 0.3 is 0 Å². The molecular formula is C18H18N4O3S. The molecule has 0 aliphatic carbocycles. The summed E-state index contributed by atoms with van der Waals surface area (Å²) in [6, 6.07) is 11.9. The van der Waals surface area contributed by atoms with Crippen LogP contribution in [0.3, 0.4) is 0 Å². The number of pyridine rings is 1. The van der Waals surface area contributed by atoms with E-state index in [0.717, 1.165) is 0 Å². The normalized spacial score (nSPS) is 11.3. The van der Waals surface area contributed by atoms with Gasteiger partial charge in [0.1, 0.15) is 0 Å². The number of anilines is 1. The molecule has 0 spiro atoms. The highest BCUT2D eigenvalue weighted by Crippen LogP contribution is 2.24. The number of rotatable bonds is 5. The third-order valence-electron chi connectivity index (χ3n) is 3.83. The first-order valence-corrected chi connectivity index (χ1v) is 9.67. The fourth-order valence-electron chi connectivity index (χ4n) is 2.50. The van der Waals surface area contributed by atoms with E-state index < -0.39 is 10.0 Å². The highest BCUT2D eigenvalue weighted by molar-refractivity contribution is 7.92. The molecule has 7 nitrogen and oxygen atoms in total. The average Bonchev–Trinajstić information content (AvgIpc) is 2.64. The van der Waals surface area contributed by atoms with E-state index in [-0.39, 0.29) is 11.3 Å². The van der Waals surface area contributed by atoms with Crippen LogP contribution in [-0.4, -0.2) is 28.9 Å². The Morgan fingerprint density at radius 3 is 2.65 bits per heavy atom. The quantitative estimate of drug-likeness (QED) is 0.744. The molecule has 0 saturated heterocycles. The number of hydrogen-bond donors (Lipinski definition) is 1. The molecule has 0 bridgehead atoms. The maximum atomic E-state index is 12.5. The van der Waals surface area contributed by atoms with Crippen LogP contribution in [0.15, 0.2) is 59.7 Å². The summed E-state index contributed by atoms with van der Waals surface area (Å²) in [5.74, 6) is -0.0149. The van der Waals surface area contributed by atoms with Gasteiger partial charge in [-0.25, -0.2) is 8.42 Å². The lowest BCUT2D eigenvalue weighted by molar-refractivity contribution is 0.602. The van der Waals surface area contributed by atoms with Crippen molar-refractivity contribution in [3.05, 3.63) is 70.9 Å². The first-order chi connectivity index (χ1) is 12.4. The summed E-state index contributed by atoms with van der Waals surface area (Å²) in [7, 11) is -3.37. The minimum Gasteiger partial charge on any atom is -0.284 e. The van der Waals surface area contributed by atoms with Gasteiger partial charge in [-0.05, 0) is 43.7 Å². The Balaban J connectivity index is 2.03. The van der Waals surface area contributed by atoms with Gasteiger partial charge in [-0.15, -0.1) is 0 Å². The highest BCUT2D eigenvalue weighted by atomic mass is 32.2. The van der Waals surface area contributed by atoms with Gasteiger partial charge in [-0.2, -0.15) is 9.78 Å². The van der Waals surface area contributed by atoms with Gasteiger partial charge in [0.05, 0.1) is 23.3 Å². The van der Waals surface area contributed by atoms with E-state index in [1.54, 1.807) is 56.6 Å². The molecule has 26 heavy (non-hydrogen) atoms. The predicted octanol–water partition coefficient (Wildman–Crippen LogP) is 2.36. The van der Waals surface area contributed by atoms with E-state index in [0.29, 0.717) is 28.2 Å². The highest BCUT2D eigenvalue weighted by Gasteiger charge is 2.11. The first kappa shape index (κ1) is 17.8. The molecule has 0 radical (unpaired) electrons. The van der Waals surface area contributed by atoms with Crippen molar-refractivity contribution in [2.45, 2.75) is 13.8 Å². The summed E-state index contributed by atoms with van der Waals surface area (Å²) in [5, 5.41) is 4.37. The van der Waals surface area contributed by atoms with Crippen LogP contribution in [0.4, 0.5) is 5.69 Å². The van der Waals surface area contributed by atoms with Crippen LogP contribution in [0.2, 0.25) is 0 Å². The van der Waals surface area contributed by atoms with Crippen LogP contribution in [-0.2, 0) is 10.0 Å². The Bertz CT molecular complexity index is 1090. The van der Waals surface area contributed by atoms with Crippen molar-refractivity contribution in [3.63, 3.8) is 0 Å². The molecule has 0 aliphatic rings. The summed E-state index contributed by atoms with van der Waals surface area (Å²) in [6.07, 6.45) is 3.19. The van der Waals surface area contributed by atoms with E-state index in [1.807, 2.05) is 6.07 Å². The third kappa shape index (κ3) is 3.80. The van der Waals surface area contributed by atoms with Gasteiger partial charge in [0.2, 0.25) is 10.0 Å². The lowest BCUT2D eigenvalue weighted by Gasteiger charge is -2.11. The summed E-state index contributed by atoms with van der Waals surface area (Å²) >= 11 is 0. The molecule has 1 N–H and O–H groups in total. The summed E-state index contributed by atoms with van der Waals surface area (Å²) < 4.78 is 27.3. The molecule has 2 heterocycles. The topological polar surface area (TPSA) is 94.0 Å². The van der Waals surface area contributed by atoms with E-state index >= 15 is 0 Å². The summed E-state index contributed by atoms with van der Waals surface area (Å²) in [5.41, 5.74) is 2.73. The number of nitrogens with one attached hydrogen (secondary N) is 1. The fourth-order valence-corrected chi connectivity index (χ4v) is 3.13. The molecular weight excluding hydrogens is 352 g/mol. The molecule has 134 valence electrons. The predicted molar refractivity (Wildman–Crippen MR) is 101 cm³/mol. The number of sulfonamides is 1. The van der Waals surface area contributed by atoms with Gasteiger partial charge < -0.3 is 0 Å². The van der Waals surface area contributed by atoms with Crippen LogP contribution in [0.25, 0.3) is 16.8 Å². The van der Waals surface area contributed by atoms with E-state index in [2.05, 4.69) is 14.8 Å². The number of aromatic nitrogens is 3. The van der Waals surface area contributed by atoms with Crippen LogP contribution in [0.1, 0.15) is 12.6 Å². The van der Waals surface area contributed by atoms with E-state index in [4.69, 9.17) is 0 Å². The molecule has 0 fully saturated rings. The minimum atomic E-state index is -3.37. The Hall–Kier alpha value is -3.00. The molecule has 8 heteroatoms. The number of hydrogen-bond acceptors (Lipinski definition) is 5. The summed E-state index contributed by atoms with van der Waals surface area (Å²) in [4.78, 5) is 16.5. The van der Waals surface area contributed by atoms with Gasteiger partial charge in [-0.1, -0.05) is 12.1 Å². The molecule has 0 amide bonds. The Kier molecular flexibility index (Phi) is 4.85. The van der Waals surface area contributed by atoms with Crippen molar-refractivity contribution in [1.82, 2.24) is 14.8 Å². The van der Waals surface area contributed by atoms with Crippen molar-refractivity contribution in [3.8, 4) is 16.8 Å². The zero-order valence-electron chi connectivity index (χ0n) is 14.4. The fraction of sp³-hybridized carbons (Fsp3) is 0.167. The van der Waals surface area contributed by atoms with Gasteiger partial charge in [-0.3, -0.25) is 14.5 Å². The van der Waals surface area contributed by atoms with Gasteiger partial charge in [0, 0.05) is 23.5 Å². The second-order valence-electron chi connectivity index (χ2n) is 5.69. The van der Waals surface area contributed by atoms with Gasteiger partial charge in [0.25, 0.3) is 5.56 Å². The monoisotopic (exact) mass is 370 g/mol. The van der Waals surface area contributed by atoms with Crippen molar-refractivity contribution in [1.29, 1.82) is 0 Å². The Labute approximate surface area is 151 Å². The van der Waals surface area contributed by atoms with Crippen molar-refractivity contribution >= 4 is 15.7 Å². The minimum absolute atomic E-state index is 0.0149. The van der Waals surface area contributed by atoms with Crippen LogP contribution >= 0.6 is 0 Å². The largest absolute Gasteiger partial charge is 0.284 e. The maximum Gasteiger partial charge on any atom is 0.272 e. The average molecular weight is 370 g/mol.